The van der Waals surface area contributed by atoms with E-state index >= 15 is 0 Å². The second-order valence-corrected chi connectivity index (χ2v) is 9.14. The van der Waals surface area contributed by atoms with Gasteiger partial charge in [-0.2, -0.15) is 0 Å². The van der Waals surface area contributed by atoms with E-state index in [0.29, 0.717) is 17.0 Å². The molecule has 0 spiro atoms. The number of hydrogen-bond acceptors (Lipinski definition) is 6. The summed E-state index contributed by atoms with van der Waals surface area (Å²) in [5, 5.41) is 8.54. The van der Waals surface area contributed by atoms with Gasteiger partial charge in [-0.25, -0.2) is 4.68 Å². The average Bonchev–Trinajstić information content (AvgIpc) is 3.06. The minimum absolute atomic E-state index is 0.109. The van der Waals surface area contributed by atoms with E-state index in [4.69, 9.17) is 10.6 Å². The van der Waals surface area contributed by atoms with Crippen LogP contribution in [0.1, 0.15) is 56.0 Å². The molecule has 3 rings (SSSR count). The molecule has 1 heterocycles. The number of carbonyl (C=O) groups is 1. The third-order valence-corrected chi connectivity index (χ3v) is 6.57. The molecule has 1 amide bonds. The summed E-state index contributed by atoms with van der Waals surface area (Å²) in [4.78, 5) is 14.7. The first-order valence-corrected chi connectivity index (χ1v) is 11.1. The summed E-state index contributed by atoms with van der Waals surface area (Å²) < 4.78 is 7.27. The van der Waals surface area contributed by atoms with E-state index in [0.717, 1.165) is 24.2 Å². The molecule has 0 aliphatic heterocycles. The van der Waals surface area contributed by atoms with Gasteiger partial charge in [-0.15, -0.1) is 10.2 Å². The van der Waals surface area contributed by atoms with Gasteiger partial charge in [0.2, 0.25) is 11.1 Å². The molecule has 1 atom stereocenters. The van der Waals surface area contributed by atoms with E-state index in [1.54, 1.807) is 0 Å². The van der Waals surface area contributed by atoms with Crippen LogP contribution >= 0.6 is 11.8 Å². The van der Waals surface area contributed by atoms with Gasteiger partial charge in [0.15, 0.2) is 5.82 Å². The van der Waals surface area contributed by atoms with Crippen molar-refractivity contribution < 1.29 is 9.53 Å². The van der Waals surface area contributed by atoms with E-state index < -0.39 is 0 Å². The predicted octanol–water partition coefficient (Wildman–Crippen LogP) is 3.46. The number of hydrogen-bond donors (Lipinski definition) is 1. The van der Waals surface area contributed by atoms with Crippen LogP contribution in [0.25, 0.3) is 0 Å². The predicted molar refractivity (Wildman–Crippen MR) is 115 cm³/mol. The topological polar surface area (TPSA) is 86.3 Å². The second kappa shape index (κ2) is 9.52. The molecule has 1 aliphatic rings. The molecule has 1 aromatic heterocycles. The van der Waals surface area contributed by atoms with Crippen molar-refractivity contribution in [2.75, 3.05) is 12.9 Å². The zero-order chi connectivity index (χ0) is 21.0. The smallest absolute Gasteiger partial charge is 0.235 e. The number of aryl methyl sites for hydroxylation is 2. The largest absolute Gasteiger partial charge is 0.485 e. The number of thioether (sulfide) groups is 1. The van der Waals surface area contributed by atoms with E-state index in [-0.39, 0.29) is 17.8 Å². The van der Waals surface area contributed by atoms with Crippen LogP contribution in [0.2, 0.25) is 0 Å². The lowest BCUT2D eigenvalue weighted by Crippen LogP contribution is -2.42. The van der Waals surface area contributed by atoms with Crippen molar-refractivity contribution in [1.82, 2.24) is 19.8 Å². The summed E-state index contributed by atoms with van der Waals surface area (Å²) in [7, 11) is 1.91. The van der Waals surface area contributed by atoms with Crippen LogP contribution in [-0.4, -0.2) is 44.0 Å². The van der Waals surface area contributed by atoms with Crippen LogP contribution in [-0.2, 0) is 11.4 Å². The summed E-state index contributed by atoms with van der Waals surface area (Å²) in [6.45, 7) is 6.17. The lowest BCUT2D eigenvalue weighted by molar-refractivity contribution is -0.131. The zero-order valence-corrected chi connectivity index (χ0v) is 18.5. The van der Waals surface area contributed by atoms with Gasteiger partial charge in [0.1, 0.15) is 12.4 Å². The zero-order valence-electron chi connectivity index (χ0n) is 17.7. The highest BCUT2D eigenvalue weighted by molar-refractivity contribution is 8.00. The maximum atomic E-state index is 12.8. The van der Waals surface area contributed by atoms with Gasteiger partial charge < -0.3 is 15.5 Å². The van der Waals surface area contributed by atoms with Crippen molar-refractivity contribution in [2.45, 2.75) is 75.9 Å². The van der Waals surface area contributed by atoms with Gasteiger partial charge in [-0.05, 0) is 45.2 Å². The van der Waals surface area contributed by atoms with E-state index in [1.807, 2.05) is 44.9 Å². The summed E-state index contributed by atoms with van der Waals surface area (Å²) in [5.74, 6) is 7.59. The van der Waals surface area contributed by atoms with Crippen molar-refractivity contribution in [3.63, 3.8) is 0 Å². The van der Waals surface area contributed by atoms with Gasteiger partial charge in [0, 0.05) is 13.1 Å². The molecule has 158 valence electrons. The molecular weight excluding hydrogens is 386 g/mol. The molecule has 29 heavy (non-hydrogen) atoms. The van der Waals surface area contributed by atoms with Crippen LogP contribution in [0.5, 0.6) is 5.75 Å². The van der Waals surface area contributed by atoms with Crippen LogP contribution in [0.4, 0.5) is 0 Å². The number of nitrogen functional groups attached to an aromatic ring is 1. The van der Waals surface area contributed by atoms with Crippen LogP contribution in [0.3, 0.4) is 0 Å². The number of ether oxygens (including phenoxy) is 1. The highest BCUT2D eigenvalue weighted by atomic mass is 32.2. The molecule has 2 N–H and O–H groups in total. The van der Waals surface area contributed by atoms with Crippen molar-refractivity contribution in [3.8, 4) is 5.75 Å². The maximum Gasteiger partial charge on any atom is 0.235 e. The Balaban J connectivity index is 1.59. The minimum atomic E-state index is -0.276. The lowest BCUT2D eigenvalue weighted by atomic mass is 9.94. The standard InChI is InChI=1S/C21H31N5O2S/c1-14-10-11-18(15(2)12-14)28-13-19-23-24-21(26(19)22)29-16(3)20(27)25(4)17-8-6-5-7-9-17/h10-12,16-17H,5-9,13,22H2,1-4H3/t16-/m1/s1. The Morgan fingerprint density at radius 3 is 2.72 bits per heavy atom. The fraction of sp³-hybridized carbons (Fsp3) is 0.571. The summed E-state index contributed by atoms with van der Waals surface area (Å²) in [6.07, 6.45) is 5.85. The molecule has 1 saturated carbocycles. The second-order valence-electron chi connectivity index (χ2n) is 7.83. The van der Waals surface area contributed by atoms with Gasteiger partial charge in [0.25, 0.3) is 0 Å². The molecule has 0 bridgehead atoms. The first-order chi connectivity index (χ1) is 13.9. The fourth-order valence-corrected chi connectivity index (χ4v) is 4.62. The SMILES string of the molecule is Cc1ccc(OCc2nnc(S[C@H](C)C(=O)N(C)C3CCCCC3)n2N)c(C)c1. The average molecular weight is 418 g/mol. The fourth-order valence-electron chi connectivity index (χ4n) is 3.73. The first-order valence-electron chi connectivity index (χ1n) is 10.2. The first kappa shape index (κ1) is 21.5. The Hall–Kier alpha value is -2.22. The number of nitrogens with two attached hydrogens (primary N) is 1. The van der Waals surface area contributed by atoms with E-state index in [2.05, 4.69) is 16.3 Å². The summed E-state index contributed by atoms with van der Waals surface area (Å²) in [5.41, 5.74) is 2.25. The summed E-state index contributed by atoms with van der Waals surface area (Å²) in [6, 6.07) is 6.36. The van der Waals surface area contributed by atoms with Crippen molar-refractivity contribution in [2.24, 2.45) is 0 Å². The van der Waals surface area contributed by atoms with E-state index in [9.17, 15) is 4.79 Å². The molecule has 0 radical (unpaired) electrons. The number of amides is 1. The molecule has 1 aromatic carbocycles. The number of aromatic nitrogens is 3. The number of benzene rings is 1. The Labute approximate surface area is 177 Å². The van der Waals surface area contributed by atoms with Crippen molar-refractivity contribution in [3.05, 3.63) is 35.2 Å². The van der Waals surface area contributed by atoms with Crippen molar-refractivity contribution >= 4 is 17.7 Å². The van der Waals surface area contributed by atoms with Crippen LogP contribution in [0.15, 0.2) is 23.4 Å². The molecule has 2 aromatic rings. The lowest BCUT2D eigenvalue weighted by Gasteiger charge is -2.32. The Morgan fingerprint density at radius 2 is 2.03 bits per heavy atom. The quantitative estimate of drug-likeness (QED) is 0.548. The molecule has 7 nitrogen and oxygen atoms in total. The minimum Gasteiger partial charge on any atom is -0.485 e. The van der Waals surface area contributed by atoms with Crippen LogP contribution in [0, 0.1) is 13.8 Å². The van der Waals surface area contributed by atoms with Crippen LogP contribution < -0.4 is 10.6 Å². The van der Waals surface area contributed by atoms with Gasteiger partial charge in [-0.1, -0.05) is 48.7 Å². The number of carbonyl (C=O) groups excluding carboxylic acids is 1. The highest BCUT2D eigenvalue weighted by Gasteiger charge is 2.27. The molecule has 8 heteroatoms. The summed E-state index contributed by atoms with van der Waals surface area (Å²) >= 11 is 1.34. The van der Waals surface area contributed by atoms with Gasteiger partial charge >= 0.3 is 0 Å². The van der Waals surface area contributed by atoms with Gasteiger partial charge in [-0.3, -0.25) is 4.79 Å². The Morgan fingerprint density at radius 1 is 1.31 bits per heavy atom. The number of rotatable bonds is 7. The molecule has 0 saturated heterocycles. The van der Waals surface area contributed by atoms with Gasteiger partial charge in [0.05, 0.1) is 5.25 Å². The Bertz CT molecular complexity index is 848. The normalized spacial score (nSPS) is 15.9. The molecule has 1 fully saturated rings. The Kier molecular flexibility index (Phi) is 7.05. The molecule has 1 aliphatic carbocycles. The third kappa shape index (κ3) is 5.23. The molecular formula is C21H31N5O2S. The number of nitrogens with zero attached hydrogens (tertiary/aromatic N) is 4. The van der Waals surface area contributed by atoms with E-state index in [1.165, 1.54) is 41.3 Å². The monoisotopic (exact) mass is 417 g/mol. The molecule has 0 unspecified atom stereocenters. The maximum absolute atomic E-state index is 12.8. The highest BCUT2D eigenvalue weighted by Crippen LogP contribution is 2.27. The third-order valence-electron chi connectivity index (χ3n) is 5.52. The van der Waals surface area contributed by atoms with Crippen molar-refractivity contribution in [1.29, 1.82) is 0 Å².